The molecule has 120 valence electrons. The van der Waals surface area contributed by atoms with Gasteiger partial charge in [0.1, 0.15) is 12.1 Å². The third-order valence-electron chi connectivity index (χ3n) is 3.66. The van der Waals surface area contributed by atoms with E-state index in [0.717, 1.165) is 12.8 Å². The fourth-order valence-corrected chi connectivity index (χ4v) is 2.78. The summed E-state index contributed by atoms with van der Waals surface area (Å²) < 4.78 is 0. The molecule has 0 atom stereocenters. The van der Waals surface area contributed by atoms with Gasteiger partial charge in [0, 0.05) is 13.1 Å². The Hall–Kier alpha value is -1.79. The Morgan fingerprint density at radius 1 is 1.19 bits per heavy atom. The lowest BCUT2D eigenvalue weighted by Crippen LogP contribution is -2.60. The largest absolute Gasteiger partial charge is 0.480 e. The van der Waals surface area contributed by atoms with Crippen LogP contribution in [0.15, 0.2) is 0 Å². The van der Waals surface area contributed by atoms with Gasteiger partial charge in [0.2, 0.25) is 5.91 Å². The van der Waals surface area contributed by atoms with Crippen LogP contribution < -0.4 is 10.6 Å². The predicted octanol–water partition coefficient (Wildman–Crippen LogP) is 0.941. The van der Waals surface area contributed by atoms with Crippen LogP contribution in [0.5, 0.6) is 0 Å². The lowest BCUT2D eigenvalue weighted by molar-refractivity contribution is -0.147. The predicted molar refractivity (Wildman–Crippen MR) is 77.9 cm³/mol. The highest BCUT2D eigenvalue weighted by Gasteiger charge is 2.44. The lowest BCUT2D eigenvalue weighted by atomic mass is 9.95. The van der Waals surface area contributed by atoms with Crippen molar-refractivity contribution in [2.24, 2.45) is 0 Å². The first-order valence-electron chi connectivity index (χ1n) is 7.52. The number of nitrogens with zero attached hydrogens (tertiary/aromatic N) is 1. The number of carboxylic acids is 1. The van der Waals surface area contributed by atoms with Gasteiger partial charge in [0.25, 0.3) is 0 Å². The van der Waals surface area contributed by atoms with Crippen LogP contribution in [0.3, 0.4) is 0 Å². The first-order valence-corrected chi connectivity index (χ1v) is 7.52. The number of rotatable bonds is 7. The van der Waals surface area contributed by atoms with Crippen molar-refractivity contribution < 1.29 is 19.5 Å². The fraction of sp³-hybridized carbons (Fsp3) is 0.786. The topological polar surface area (TPSA) is 98.7 Å². The normalized spacial score (nSPS) is 16.3. The van der Waals surface area contributed by atoms with Crippen LogP contribution in [0, 0.1) is 0 Å². The zero-order valence-corrected chi connectivity index (χ0v) is 12.8. The summed E-state index contributed by atoms with van der Waals surface area (Å²) in [5, 5.41) is 14.4. The number of carboxylic acid groups (broad SMARTS) is 1. The summed E-state index contributed by atoms with van der Waals surface area (Å²) in [4.78, 5) is 36.8. The van der Waals surface area contributed by atoms with E-state index in [1.165, 1.54) is 4.90 Å². The van der Waals surface area contributed by atoms with E-state index in [1.54, 1.807) is 6.92 Å². The van der Waals surface area contributed by atoms with Crippen molar-refractivity contribution in [3.63, 3.8) is 0 Å². The molecule has 0 aromatic carbocycles. The molecule has 1 fully saturated rings. The fourth-order valence-electron chi connectivity index (χ4n) is 2.78. The van der Waals surface area contributed by atoms with Gasteiger partial charge in [-0.25, -0.2) is 4.79 Å². The van der Waals surface area contributed by atoms with Gasteiger partial charge >= 0.3 is 12.0 Å². The maximum Gasteiger partial charge on any atom is 0.323 e. The number of urea groups is 1. The number of carbonyl (C=O) groups is 3. The molecule has 1 aliphatic carbocycles. The van der Waals surface area contributed by atoms with E-state index in [0.29, 0.717) is 32.4 Å². The Morgan fingerprint density at radius 2 is 1.81 bits per heavy atom. The van der Waals surface area contributed by atoms with Crippen molar-refractivity contribution in [2.45, 2.75) is 51.5 Å². The van der Waals surface area contributed by atoms with Crippen molar-refractivity contribution in [3.05, 3.63) is 0 Å². The van der Waals surface area contributed by atoms with Crippen LogP contribution in [0.2, 0.25) is 0 Å². The van der Waals surface area contributed by atoms with Crippen molar-refractivity contribution in [2.75, 3.05) is 19.6 Å². The van der Waals surface area contributed by atoms with Crippen molar-refractivity contribution >= 4 is 17.9 Å². The van der Waals surface area contributed by atoms with E-state index in [4.69, 9.17) is 5.11 Å². The number of carbonyl (C=O) groups excluding carboxylic acids is 2. The first kappa shape index (κ1) is 17.3. The summed E-state index contributed by atoms with van der Waals surface area (Å²) in [6, 6.07) is -0.375. The van der Waals surface area contributed by atoms with E-state index in [1.807, 2.05) is 6.92 Å². The minimum Gasteiger partial charge on any atom is -0.480 e. The number of hydrogen-bond acceptors (Lipinski definition) is 3. The van der Waals surface area contributed by atoms with Gasteiger partial charge < -0.3 is 20.6 Å². The second kappa shape index (κ2) is 7.85. The molecule has 3 N–H and O–H groups in total. The van der Waals surface area contributed by atoms with Crippen LogP contribution in [0.4, 0.5) is 4.79 Å². The Labute approximate surface area is 125 Å². The molecule has 1 saturated carbocycles. The summed E-state index contributed by atoms with van der Waals surface area (Å²) in [7, 11) is 0. The Kier molecular flexibility index (Phi) is 6.45. The highest BCUT2D eigenvalue weighted by molar-refractivity contribution is 5.93. The van der Waals surface area contributed by atoms with Gasteiger partial charge in [-0.2, -0.15) is 0 Å². The summed E-state index contributed by atoms with van der Waals surface area (Å²) in [6.07, 6.45) is 3.50. The number of aliphatic carboxylic acids is 1. The highest BCUT2D eigenvalue weighted by atomic mass is 16.4. The van der Waals surface area contributed by atoms with E-state index < -0.39 is 11.5 Å². The summed E-state index contributed by atoms with van der Waals surface area (Å²) >= 11 is 0. The van der Waals surface area contributed by atoms with Gasteiger partial charge in [-0.3, -0.25) is 9.59 Å². The molecule has 0 aromatic rings. The van der Waals surface area contributed by atoms with E-state index >= 15 is 0 Å². The average Bonchev–Trinajstić information content (AvgIpc) is 2.86. The molecule has 0 unspecified atom stereocenters. The van der Waals surface area contributed by atoms with Crippen LogP contribution in [0.25, 0.3) is 0 Å². The third kappa shape index (κ3) is 4.61. The second-order valence-corrected chi connectivity index (χ2v) is 5.39. The SMILES string of the molecule is CCCN(CC(=O)O)C(=O)C1(NC(=O)NCC)CCCC1. The molecule has 0 radical (unpaired) electrons. The lowest BCUT2D eigenvalue weighted by Gasteiger charge is -2.34. The van der Waals surface area contributed by atoms with Gasteiger partial charge in [0.15, 0.2) is 0 Å². The maximum absolute atomic E-state index is 12.8. The summed E-state index contributed by atoms with van der Waals surface area (Å²) in [5.74, 6) is -1.32. The molecule has 1 rings (SSSR count). The summed E-state index contributed by atoms with van der Waals surface area (Å²) in [6.45, 7) is 4.22. The molecule has 0 spiro atoms. The third-order valence-corrected chi connectivity index (χ3v) is 3.66. The Balaban J connectivity index is 2.88. The zero-order chi connectivity index (χ0) is 15.9. The molecular formula is C14H25N3O4. The molecule has 7 nitrogen and oxygen atoms in total. The van der Waals surface area contributed by atoms with Gasteiger partial charge in [0.05, 0.1) is 0 Å². The van der Waals surface area contributed by atoms with Crippen LogP contribution in [-0.2, 0) is 9.59 Å². The average molecular weight is 299 g/mol. The number of amides is 3. The number of hydrogen-bond donors (Lipinski definition) is 3. The quantitative estimate of drug-likeness (QED) is 0.651. The molecule has 0 aromatic heterocycles. The molecule has 0 aliphatic heterocycles. The molecule has 1 aliphatic rings. The smallest absolute Gasteiger partial charge is 0.323 e. The molecule has 0 saturated heterocycles. The number of nitrogens with one attached hydrogen (secondary N) is 2. The van der Waals surface area contributed by atoms with Crippen LogP contribution in [0.1, 0.15) is 46.0 Å². The Bertz CT molecular complexity index is 392. The Morgan fingerprint density at radius 3 is 2.29 bits per heavy atom. The van der Waals surface area contributed by atoms with Gasteiger partial charge in [-0.05, 0) is 26.2 Å². The highest BCUT2D eigenvalue weighted by Crippen LogP contribution is 2.31. The standard InChI is InChI=1S/C14H25N3O4/c1-3-9-17(10-11(18)19)12(20)14(7-5-6-8-14)16-13(21)15-4-2/h3-10H2,1-2H3,(H,18,19)(H2,15,16,21). The van der Waals surface area contributed by atoms with Crippen molar-refractivity contribution in [3.8, 4) is 0 Å². The molecule has 7 heteroatoms. The molecule has 21 heavy (non-hydrogen) atoms. The molecule has 0 bridgehead atoms. The van der Waals surface area contributed by atoms with Crippen LogP contribution in [-0.4, -0.2) is 53.1 Å². The minimum absolute atomic E-state index is 0.282. The minimum atomic E-state index is -1.04. The van der Waals surface area contributed by atoms with Gasteiger partial charge in [-0.1, -0.05) is 19.8 Å². The van der Waals surface area contributed by atoms with Crippen molar-refractivity contribution in [1.29, 1.82) is 0 Å². The first-order chi connectivity index (χ1) is 9.95. The maximum atomic E-state index is 12.8. The van der Waals surface area contributed by atoms with Crippen molar-refractivity contribution in [1.82, 2.24) is 15.5 Å². The molecular weight excluding hydrogens is 274 g/mol. The molecule has 0 heterocycles. The van der Waals surface area contributed by atoms with Gasteiger partial charge in [-0.15, -0.1) is 0 Å². The monoisotopic (exact) mass is 299 g/mol. The zero-order valence-electron chi connectivity index (χ0n) is 12.8. The molecule has 3 amide bonds. The second-order valence-electron chi connectivity index (χ2n) is 5.39. The van der Waals surface area contributed by atoms with E-state index in [9.17, 15) is 14.4 Å². The van der Waals surface area contributed by atoms with E-state index in [-0.39, 0.29) is 18.5 Å². The van der Waals surface area contributed by atoms with Crippen LogP contribution >= 0.6 is 0 Å². The summed E-state index contributed by atoms with van der Waals surface area (Å²) in [5.41, 5.74) is -0.954. The van der Waals surface area contributed by atoms with E-state index in [2.05, 4.69) is 10.6 Å².